The van der Waals surface area contributed by atoms with Gasteiger partial charge in [-0.05, 0) is 74.3 Å². The van der Waals surface area contributed by atoms with Gasteiger partial charge in [-0.1, -0.05) is 57.7 Å². The van der Waals surface area contributed by atoms with Gasteiger partial charge in [0.2, 0.25) is 11.8 Å². The molecule has 4 aliphatic rings. The maximum Gasteiger partial charge on any atom is 0.327 e. The molecule has 0 spiro atoms. The fourth-order valence-corrected chi connectivity index (χ4v) is 8.70. The zero-order valence-corrected chi connectivity index (χ0v) is 34.0. The number of ether oxygens (including phenoxy) is 4. The number of nitrogens with one attached hydrogen (secondary N) is 2. The smallest absolute Gasteiger partial charge is 0.327 e. The van der Waals surface area contributed by atoms with E-state index >= 15 is 0 Å². The van der Waals surface area contributed by atoms with Crippen LogP contribution in [-0.4, -0.2) is 95.0 Å². The second kappa shape index (κ2) is 18.1. The highest BCUT2D eigenvalue weighted by molar-refractivity contribution is 14.1. The number of amides is 2. The third-order valence-corrected chi connectivity index (χ3v) is 11.7. The van der Waals surface area contributed by atoms with Crippen molar-refractivity contribution in [3.8, 4) is 0 Å². The highest BCUT2D eigenvalue weighted by Crippen LogP contribution is 2.58. The summed E-state index contributed by atoms with van der Waals surface area (Å²) < 4.78 is 26.2. The van der Waals surface area contributed by atoms with Gasteiger partial charge in [-0.2, -0.15) is 5.06 Å². The summed E-state index contributed by atoms with van der Waals surface area (Å²) in [6.07, 6.45) is 4.97. The minimum Gasteiger partial charge on any atom is -0.460 e. The van der Waals surface area contributed by atoms with E-state index in [9.17, 15) is 24.3 Å². The summed E-state index contributed by atoms with van der Waals surface area (Å²) in [5.41, 5.74) is -1.05. The van der Waals surface area contributed by atoms with Crippen LogP contribution in [0.25, 0.3) is 0 Å². The van der Waals surface area contributed by atoms with Crippen LogP contribution in [0.15, 0.2) is 24.3 Å². The van der Waals surface area contributed by atoms with E-state index in [0.29, 0.717) is 12.8 Å². The van der Waals surface area contributed by atoms with Crippen LogP contribution in [-0.2, 0) is 49.5 Å². The highest BCUT2D eigenvalue weighted by atomic mass is 127. The Morgan fingerprint density at radius 2 is 1.72 bits per heavy atom. The molecule has 2 bridgehead atoms. The molecule has 4 fully saturated rings. The fourth-order valence-electron chi connectivity index (χ4n) is 8.14. The molecule has 13 nitrogen and oxygen atoms in total. The normalized spacial score (nSPS) is 27.8. The quantitative estimate of drug-likeness (QED) is 0.0993. The molecular weight excluding hydrogens is 797 g/mol. The molecule has 1 aliphatic carbocycles. The molecule has 7 atom stereocenters. The van der Waals surface area contributed by atoms with Crippen LogP contribution in [0, 0.1) is 8.99 Å². The Hall–Kier alpha value is -2.37. The number of hydroxylamine groups is 2. The lowest BCUT2D eigenvalue weighted by molar-refractivity contribution is -0.224. The molecule has 2 amide bonds. The number of rotatable bonds is 19. The number of hydrogen-bond donors (Lipinski definition) is 3. The number of nitrogens with zero attached hydrogens (tertiary/aromatic N) is 1. The third-order valence-electron chi connectivity index (χ3n) is 10.6. The van der Waals surface area contributed by atoms with Gasteiger partial charge in [0.1, 0.15) is 35.4 Å². The van der Waals surface area contributed by atoms with Crippen molar-refractivity contribution in [1.29, 1.82) is 0 Å². The second-order valence-corrected chi connectivity index (χ2v) is 17.0. The zero-order chi connectivity index (χ0) is 38.4. The molecule has 14 heteroatoms. The Labute approximate surface area is 327 Å². The van der Waals surface area contributed by atoms with Crippen molar-refractivity contribution in [3.05, 3.63) is 33.4 Å². The Bertz CT molecular complexity index is 1440. The first kappa shape index (κ1) is 41.8. The second-order valence-electron chi connectivity index (χ2n) is 15.9. The van der Waals surface area contributed by atoms with Gasteiger partial charge in [0, 0.05) is 42.2 Å². The molecule has 0 radical (unpaired) electrons. The van der Waals surface area contributed by atoms with Gasteiger partial charge >= 0.3 is 11.9 Å². The average molecular weight is 856 g/mol. The van der Waals surface area contributed by atoms with Crippen molar-refractivity contribution in [3.63, 3.8) is 0 Å². The number of carbonyl (C=O) groups is 4. The molecular formula is C39H58IN3O10. The third kappa shape index (κ3) is 9.72. The topological polar surface area (TPSA) is 162 Å². The molecule has 3 saturated heterocycles. The molecule has 3 heterocycles. The van der Waals surface area contributed by atoms with Crippen molar-refractivity contribution in [2.24, 2.45) is 5.41 Å². The van der Waals surface area contributed by atoms with E-state index in [4.69, 9.17) is 23.8 Å². The van der Waals surface area contributed by atoms with E-state index in [2.05, 4.69) is 47.1 Å². The summed E-state index contributed by atoms with van der Waals surface area (Å²) >= 11 is 2.25. The Morgan fingerprint density at radius 1 is 1.04 bits per heavy atom. The maximum atomic E-state index is 14.6. The fraction of sp³-hybridized carbons (Fsp3) is 0.744. The van der Waals surface area contributed by atoms with Crippen LogP contribution in [0.2, 0.25) is 0 Å². The summed E-state index contributed by atoms with van der Waals surface area (Å²) in [6, 6.07) is 6.11. The lowest BCUT2D eigenvalue weighted by atomic mass is 9.62. The van der Waals surface area contributed by atoms with E-state index < -0.39 is 77.1 Å². The van der Waals surface area contributed by atoms with Gasteiger partial charge < -0.3 is 34.7 Å². The minimum absolute atomic E-state index is 0.0181. The van der Waals surface area contributed by atoms with Crippen LogP contribution >= 0.6 is 22.6 Å². The lowest BCUT2D eigenvalue weighted by Gasteiger charge is -2.48. The van der Waals surface area contributed by atoms with Gasteiger partial charge in [0.15, 0.2) is 11.8 Å². The minimum atomic E-state index is -1.36. The molecule has 1 saturated carbocycles. The molecule has 296 valence electrons. The Balaban J connectivity index is 1.34. The summed E-state index contributed by atoms with van der Waals surface area (Å²) in [6.45, 7) is 9.51. The predicted molar refractivity (Wildman–Crippen MR) is 203 cm³/mol. The predicted octanol–water partition coefficient (Wildman–Crippen LogP) is 4.84. The number of benzene rings is 1. The van der Waals surface area contributed by atoms with Crippen LogP contribution in [0.4, 0.5) is 0 Å². The molecule has 1 aromatic carbocycles. The first-order valence-electron chi connectivity index (χ1n) is 19.4. The molecule has 3 N–H and O–H groups in total. The monoisotopic (exact) mass is 855 g/mol. The first-order valence-corrected chi connectivity index (χ1v) is 20.5. The van der Waals surface area contributed by atoms with Crippen LogP contribution < -0.4 is 10.6 Å². The van der Waals surface area contributed by atoms with Crippen molar-refractivity contribution in [1.82, 2.24) is 15.7 Å². The van der Waals surface area contributed by atoms with Crippen molar-refractivity contribution in [2.45, 2.75) is 166 Å². The Kier molecular flexibility index (Phi) is 14.2. The largest absolute Gasteiger partial charge is 0.460 e. The molecule has 3 aliphatic heterocycles. The SMILES string of the molecule is CCCCCC1(CCCCC)O[C@@H]2[C@H]3ON(Cc4ccccc4I)[C@H]4C(=O)OC(CC34C(=O)NCCC(=O)N[C@H](CO)CCC(=O)OC(C)(C)C)[C@@H]2O1. The average Bonchev–Trinajstić information content (AvgIpc) is 3.65. The van der Waals surface area contributed by atoms with Gasteiger partial charge in [0.05, 0.1) is 19.2 Å². The highest BCUT2D eigenvalue weighted by Gasteiger charge is 2.76. The van der Waals surface area contributed by atoms with Crippen LogP contribution in [0.5, 0.6) is 0 Å². The van der Waals surface area contributed by atoms with Crippen molar-refractivity contribution >= 4 is 46.3 Å². The first-order chi connectivity index (χ1) is 25.3. The van der Waals surface area contributed by atoms with Crippen LogP contribution in [0.3, 0.4) is 0 Å². The van der Waals surface area contributed by atoms with E-state index in [0.717, 1.165) is 47.7 Å². The zero-order valence-electron chi connectivity index (χ0n) is 31.8. The van der Waals surface area contributed by atoms with Crippen LogP contribution in [0.1, 0.15) is 117 Å². The van der Waals surface area contributed by atoms with Gasteiger partial charge in [-0.25, -0.2) is 0 Å². The summed E-state index contributed by atoms with van der Waals surface area (Å²) in [5, 5.41) is 17.1. The number of fused-ring (bicyclic) bond motifs is 4. The van der Waals surface area contributed by atoms with E-state index in [1.54, 1.807) is 25.8 Å². The molecule has 5 rings (SSSR count). The van der Waals surface area contributed by atoms with Crippen molar-refractivity contribution < 1.29 is 48.1 Å². The molecule has 2 unspecified atom stereocenters. The van der Waals surface area contributed by atoms with Gasteiger partial charge in [-0.3, -0.25) is 24.0 Å². The Morgan fingerprint density at radius 3 is 2.36 bits per heavy atom. The van der Waals surface area contributed by atoms with Gasteiger partial charge in [0.25, 0.3) is 0 Å². The molecule has 0 aromatic heterocycles. The lowest BCUT2D eigenvalue weighted by Crippen LogP contribution is -2.69. The maximum absolute atomic E-state index is 14.6. The summed E-state index contributed by atoms with van der Waals surface area (Å²) in [5.74, 6) is -2.64. The summed E-state index contributed by atoms with van der Waals surface area (Å²) in [4.78, 5) is 60.4. The van der Waals surface area contributed by atoms with E-state index in [1.165, 1.54) is 0 Å². The standard InChI is InChI=1S/C39H58IN3O10/c1-6-8-12-19-38(20-13-9-7-2)51-31-28-22-39(36(48)41-21-18-29(45)42-26(24-44)16-17-30(46)50-37(3,4)5)33(35(47)49-28)43(53-34(39)32(31)52-38)23-25-14-10-11-15-27(25)40/h10-11,14-15,26,28,31-34,44H,6-9,12-13,16-24H2,1-5H3,(H,41,48)(H,42,45)/t26-,28?,31-,32-,33-,34+,39?/m0/s1. The molecule has 53 heavy (non-hydrogen) atoms. The molecule has 1 aromatic rings. The van der Waals surface area contributed by atoms with Gasteiger partial charge in [-0.15, -0.1) is 0 Å². The number of hydrogen-bond acceptors (Lipinski definition) is 11. The number of esters is 2. The number of halogens is 1. The van der Waals surface area contributed by atoms with E-state index in [-0.39, 0.29) is 45.4 Å². The number of carbonyl (C=O) groups excluding carboxylic acids is 4. The summed E-state index contributed by atoms with van der Waals surface area (Å²) in [7, 11) is 0. The van der Waals surface area contributed by atoms with Crippen molar-refractivity contribution in [2.75, 3.05) is 13.2 Å². The number of unbranched alkanes of at least 4 members (excludes halogenated alkanes) is 4. The van der Waals surface area contributed by atoms with E-state index in [1.807, 2.05) is 24.3 Å². The number of aliphatic hydroxyl groups excluding tert-OH is 1. The number of aliphatic hydroxyl groups is 1.